The van der Waals surface area contributed by atoms with Gasteiger partial charge in [-0.3, -0.25) is 9.59 Å². The Hall–Kier alpha value is -1.07. The van der Waals surface area contributed by atoms with Gasteiger partial charge in [0.2, 0.25) is 5.91 Å². The molecule has 0 fully saturated rings. The number of ketones is 1. The number of hydrogen-bond acceptors (Lipinski definition) is 2. The molecule has 0 heterocycles. The van der Waals surface area contributed by atoms with Crippen molar-refractivity contribution in [3.63, 3.8) is 0 Å². The summed E-state index contributed by atoms with van der Waals surface area (Å²) in [7, 11) is 0. The van der Waals surface area contributed by atoms with Gasteiger partial charge in [0.05, 0.1) is 12.0 Å². The van der Waals surface area contributed by atoms with Gasteiger partial charge in [-0.25, -0.2) is 0 Å². The van der Waals surface area contributed by atoms with E-state index >= 15 is 0 Å². The van der Waals surface area contributed by atoms with Gasteiger partial charge in [-0.2, -0.15) is 13.2 Å². The molecule has 0 spiro atoms. The number of halogens is 3. The second kappa shape index (κ2) is 5.51. The zero-order valence-corrected chi connectivity index (χ0v) is 10.4. The van der Waals surface area contributed by atoms with Crippen LogP contribution in [0.15, 0.2) is 0 Å². The molecule has 0 saturated heterocycles. The second-order valence-electron chi connectivity index (χ2n) is 4.66. The summed E-state index contributed by atoms with van der Waals surface area (Å²) in [5, 5.41) is 2.30. The lowest BCUT2D eigenvalue weighted by Gasteiger charge is -2.38. The monoisotopic (exact) mass is 253 g/mol. The second-order valence-corrected chi connectivity index (χ2v) is 4.66. The summed E-state index contributed by atoms with van der Waals surface area (Å²) in [5.41, 5.74) is -1.55. The van der Waals surface area contributed by atoms with Crippen LogP contribution in [0.5, 0.6) is 0 Å². The van der Waals surface area contributed by atoms with Crippen LogP contribution in [0.1, 0.15) is 40.5 Å². The maximum Gasteiger partial charge on any atom is 0.391 e. The predicted octanol–water partition coefficient (Wildman–Crippen LogP) is 2.45. The van der Waals surface area contributed by atoms with E-state index < -0.39 is 30.0 Å². The van der Waals surface area contributed by atoms with Crippen molar-refractivity contribution in [1.29, 1.82) is 0 Å². The molecule has 1 unspecified atom stereocenters. The number of carbonyl (C=O) groups is 2. The zero-order valence-electron chi connectivity index (χ0n) is 10.4. The highest BCUT2D eigenvalue weighted by atomic mass is 19.4. The van der Waals surface area contributed by atoms with E-state index in [2.05, 4.69) is 5.32 Å². The number of Topliss-reactive ketones (excluding diaryl/α,β-unsaturated/α-hetero) is 1. The van der Waals surface area contributed by atoms with Crippen molar-refractivity contribution in [2.75, 3.05) is 0 Å². The number of amides is 1. The molecule has 0 aromatic rings. The first-order valence-corrected chi connectivity index (χ1v) is 5.33. The van der Waals surface area contributed by atoms with E-state index in [9.17, 15) is 22.8 Å². The summed E-state index contributed by atoms with van der Waals surface area (Å²) in [6.07, 6.45) is -5.94. The molecule has 0 aromatic carbocycles. The number of rotatable bonds is 5. The Morgan fingerprint density at radius 1 is 1.18 bits per heavy atom. The Morgan fingerprint density at radius 3 is 1.88 bits per heavy atom. The highest BCUT2D eigenvalue weighted by Crippen LogP contribution is 2.35. The molecule has 0 bridgehead atoms. The van der Waals surface area contributed by atoms with E-state index in [-0.39, 0.29) is 12.2 Å². The minimum Gasteiger partial charge on any atom is -0.350 e. The van der Waals surface area contributed by atoms with E-state index in [0.29, 0.717) is 0 Å². The van der Waals surface area contributed by atoms with E-state index in [4.69, 9.17) is 0 Å². The highest BCUT2D eigenvalue weighted by Gasteiger charge is 2.45. The number of nitrogens with one attached hydrogen (secondary N) is 1. The SMILES string of the molecule is CC(=O)CC(CC(F)(F)F)(NC(C)=O)C(C)C. The van der Waals surface area contributed by atoms with Gasteiger partial charge in [0, 0.05) is 13.3 Å². The van der Waals surface area contributed by atoms with Gasteiger partial charge < -0.3 is 5.32 Å². The Bertz CT molecular complexity index is 282. The van der Waals surface area contributed by atoms with Crippen LogP contribution in [0.2, 0.25) is 0 Å². The van der Waals surface area contributed by atoms with Crippen LogP contribution in [-0.4, -0.2) is 23.4 Å². The molecule has 0 radical (unpaired) electrons. The van der Waals surface area contributed by atoms with Crippen molar-refractivity contribution < 1.29 is 22.8 Å². The lowest BCUT2D eigenvalue weighted by atomic mass is 9.79. The van der Waals surface area contributed by atoms with E-state index in [1.807, 2.05) is 0 Å². The predicted molar refractivity (Wildman–Crippen MR) is 57.4 cm³/mol. The molecule has 17 heavy (non-hydrogen) atoms. The van der Waals surface area contributed by atoms with Crippen LogP contribution in [-0.2, 0) is 9.59 Å². The molecule has 1 N–H and O–H groups in total. The first-order valence-electron chi connectivity index (χ1n) is 5.33. The minimum absolute atomic E-state index is 0.316. The minimum atomic E-state index is -4.43. The molecule has 3 nitrogen and oxygen atoms in total. The smallest absolute Gasteiger partial charge is 0.350 e. The molecule has 0 rings (SSSR count). The van der Waals surface area contributed by atoms with Crippen molar-refractivity contribution >= 4 is 11.7 Å². The molecule has 1 atom stereocenters. The molecule has 0 saturated carbocycles. The van der Waals surface area contributed by atoms with Gasteiger partial charge in [0.25, 0.3) is 0 Å². The van der Waals surface area contributed by atoms with E-state index in [1.54, 1.807) is 13.8 Å². The third-order valence-corrected chi connectivity index (χ3v) is 2.61. The maximum atomic E-state index is 12.5. The molecule has 6 heteroatoms. The van der Waals surface area contributed by atoms with Crippen molar-refractivity contribution in [2.45, 2.75) is 52.3 Å². The quantitative estimate of drug-likeness (QED) is 0.818. The van der Waals surface area contributed by atoms with Crippen LogP contribution in [0.25, 0.3) is 0 Å². The van der Waals surface area contributed by atoms with Crippen LogP contribution < -0.4 is 5.32 Å². The van der Waals surface area contributed by atoms with Gasteiger partial charge in [-0.05, 0) is 12.8 Å². The summed E-state index contributed by atoms with van der Waals surface area (Å²) < 4.78 is 37.6. The zero-order chi connectivity index (χ0) is 13.9. The standard InChI is InChI=1S/C11H18F3NO2/c1-7(2)10(5-8(3)16,15-9(4)17)6-11(12,13)14/h7H,5-6H2,1-4H3,(H,15,17). The summed E-state index contributed by atoms with van der Waals surface area (Å²) in [5.74, 6) is -1.43. The fourth-order valence-corrected chi connectivity index (χ4v) is 1.86. The fraction of sp³-hybridized carbons (Fsp3) is 0.818. The van der Waals surface area contributed by atoms with Crippen molar-refractivity contribution in [2.24, 2.45) is 5.92 Å². The molecule has 0 aromatic heterocycles. The number of alkyl halides is 3. The highest BCUT2D eigenvalue weighted by molar-refractivity contribution is 5.79. The van der Waals surface area contributed by atoms with Gasteiger partial charge in [-0.15, -0.1) is 0 Å². The van der Waals surface area contributed by atoms with Crippen LogP contribution in [0.4, 0.5) is 13.2 Å². The lowest BCUT2D eigenvalue weighted by molar-refractivity contribution is -0.158. The van der Waals surface area contributed by atoms with Crippen molar-refractivity contribution in [3.8, 4) is 0 Å². The fourth-order valence-electron chi connectivity index (χ4n) is 1.86. The molecular formula is C11H18F3NO2. The molecular weight excluding hydrogens is 235 g/mol. The van der Waals surface area contributed by atoms with Crippen molar-refractivity contribution in [3.05, 3.63) is 0 Å². The van der Waals surface area contributed by atoms with E-state index in [0.717, 1.165) is 6.92 Å². The third kappa shape index (κ3) is 5.70. The van der Waals surface area contributed by atoms with Gasteiger partial charge in [0.1, 0.15) is 5.78 Å². The Kier molecular flexibility index (Phi) is 5.16. The largest absolute Gasteiger partial charge is 0.391 e. The Labute approximate surface area is 98.8 Å². The first-order chi connectivity index (χ1) is 7.48. The Balaban J connectivity index is 5.23. The topological polar surface area (TPSA) is 46.2 Å². The summed E-state index contributed by atoms with van der Waals surface area (Å²) in [4.78, 5) is 22.2. The van der Waals surface area contributed by atoms with Gasteiger partial charge >= 0.3 is 6.18 Å². The third-order valence-electron chi connectivity index (χ3n) is 2.61. The summed E-state index contributed by atoms with van der Waals surface area (Å²) >= 11 is 0. The van der Waals surface area contributed by atoms with Gasteiger partial charge in [0.15, 0.2) is 0 Å². The molecule has 100 valence electrons. The van der Waals surface area contributed by atoms with Crippen LogP contribution in [0.3, 0.4) is 0 Å². The summed E-state index contributed by atoms with van der Waals surface area (Å²) in [6.45, 7) is 5.48. The number of carbonyl (C=O) groups excluding carboxylic acids is 2. The average molecular weight is 253 g/mol. The normalized spacial score (nSPS) is 15.5. The Morgan fingerprint density at radius 2 is 1.65 bits per heavy atom. The van der Waals surface area contributed by atoms with Gasteiger partial charge in [-0.1, -0.05) is 13.8 Å². The molecule has 0 aliphatic carbocycles. The maximum absolute atomic E-state index is 12.5. The van der Waals surface area contributed by atoms with Crippen molar-refractivity contribution in [1.82, 2.24) is 5.32 Å². The number of hydrogen-bond donors (Lipinski definition) is 1. The molecule has 0 aliphatic heterocycles. The lowest BCUT2D eigenvalue weighted by Crippen LogP contribution is -2.55. The molecule has 0 aliphatic rings. The van der Waals surface area contributed by atoms with Crippen LogP contribution in [0, 0.1) is 5.92 Å². The van der Waals surface area contributed by atoms with Crippen LogP contribution >= 0.6 is 0 Å². The first kappa shape index (κ1) is 15.9. The van der Waals surface area contributed by atoms with E-state index in [1.165, 1.54) is 6.92 Å². The molecule has 1 amide bonds. The summed E-state index contributed by atoms with van der Waals surface area (Å²) in [6, 6.07) is 0. The average Bonchev–Trinajstić information content (AvgIpc) is 1.96.